The van der Waals surface area contributed by atoms with E-state index in [1.807, 2.05) is 19.9 Å². The lowest BCUT2D eigenvalue weighted by Crippen LogP contribution is -2.50. The van der Waals surface area contributed by atoms with Crippen LogP contribution in [-0.4, -0.2) is 121 Å². The number of carbonyl (C=O) groups is 2. The number of hydrogen-bond donors (Lipinski definition) is 2. The van der Waals surface area contributed by atoms with Crippen molar-refractivity contribution < 1.29 is 42.2 Å². The highest BCUT2D eigenvalue weighted by molar-refractivity contribution is 6.74. The molecule has 11 nitrogen and oxygen atoms in total. The number of rotatable bonds is 24. The highest BCUT2D eigenvalue weighted by Crippen LogP contribution is 2.43. The molecule has 0 aromatic heterocycles. The van der Waals surface area contributed by atoms with Gasteiger partial charge in [0.2, 0.25) is 0 Å². The maximum Gasteiger partial charge on any atom is 0.410 e. The fourth-order valence-corrected chi connectivity index (χ4v) is 19.3. The van der Waals surface area contributed by atoms with Crippen molar-refractivity contribution in [2.24, 2.45) is 11.8 Å². The molecule has 0 spiro atoms. The van der Waals surface area contributed by atoms with Gasteiger partial charge in [0.15, 0.2) is 31.1 Å². The summed E-state index contributed by atoms with van der Waals surface area (Å²) in [6.07, 6.45) is 10.6. The van der Waals surface area contributed by atoms with Crippen LogP contribution in [0.25, 0.3) is 0 Å². The molecule has 376 valence electrons. The summed E-state index contributed by atoms with van der Waals surface area (Å²) < 4.78 is 40.5. The SMILES string of the molecule is CCC(O[Si](CC)(CC)CC)[C@@H](C)[C@H]1O[C@@H]1C[C@](C)(/C=C/C=C(\C)[C@H]1OC(=O)CC(O[Si](CC)(CC)CC)CC[C@@](C)(O)[C@@H](OC(=O)N2CCNCC2)/C=C/[C@@H]1C)O[Si](CC)(CC)CC. The Morgan fingerprint density at radius 2 is 1.51 bits per heavy atom. The van der Waals surface area contributed by atoms with Crippen molar-refractivity contribution in [2.75, 3.05) is 26.2 Å². The molecule has 10 atom stereocenters. The van der Waals surface area contributed by atoms with Crippen LogP contribution in [0.3, 0.4) is 0 Å². The smallest absolute Gasteiger partial charge is 0.410 e. The van der Waals surface area contributed by atoms with Crippen molar-refractivity contribution in [1.29, 1.82) is 0 Å². The summed E-state index contributed by atoms with van der Waals surface area (Å²) in [5.41, 5.74) is -1.09. The van der Waals surface area contributed by atoms with E-state index in [-0.39, 0.29) is 49.0 Å². The molecule has 0 aliphatic carbocycles. The van der Waals surface area contributed by atoms with Crippen LogP contribution in [0.15, 0.2) is 36.0 Å². The highest BCUT2D eigenvalue weighted by Gasteiger charge is 2.51. The lowest BCUT2D eigenvalue weighted by atomic mass is 9.88. The third kappa shape index (κ3) is 16.2. The van der Waals surface area contributed by atoms with Crippen molar-refractivity contribution in [3.63, 3.8) is 0 Å². The van der Waals surface area contributed by atoms with Crippen LogP contribution in [0.4, 0.5) is 4.79 Å². The van der Waals surface area contributed by atoms with Crippen molar-refractivity contribution in [1.82, 2.24) is 10.2 Å². The average molecular weight is 966 g/mol. The Morgan fingerprint density at radius 3 is 2.05 bits per heavy atom. The Labute approximate surface area is 400 Å². The molecule has 2 N–H and O–H groups in total. The third-order valence-corrected chi connectivity index (χ3v) is 30.1. The summed E-state index contributed by atoms with van der Waals surface area (Å²) in [5.74, 6) is -0.334. The number of epoxide rings is 1. The minimum Gasteiger partial charge on any atom is -0.457 e. The van der Waals surface area contributed by atoms with E-state index in [0.29, 0.717) is 32.6 Å². The zero-order valence-corrected chi connectivity index (χ0v) is 46.9. The molecule has 3 heterocycles. The van der Waals surface area contributed by atoms with Crippen LogP contribution < -0.4 is 5.32 Å². The summed E-state index contributed by atoms with van der Waals surface area (Å²) in [5, 5.41) is 15.4. The number of hydrogen-bond acceptors (Lipinski definition) is 10. The molecule has 3 aliphatic heterocycles. The number of nitrogens with one attached hydrogen (secondary N) is 1. The van der Waals surface area contributed by atoms with Crippen molar-refractivity contribution in [3.8, 4) is 0 Å². The second-order valence-corrected chi connectivity index (χ2v) is 34.4. The van der Waals surface area contributed by atoms with E-state index in [1.54, 1.807) is 17.9 Å². The van der Waals surface area contributed by atoms with Gasteiger partial charge in [0.25, 0.3) is 0 Å². The number of ether oxygens (including phenoxy) is 3. The minimum absolute atomic E-state index is 0.0777. The van der Waals surface area contributed by atoms with Crippen LogP contribution in [0.2, 0.25) is 54.4 Å². The fraction of sp³-hybridized carbons (Fsp3) is 0.843. The first-order valence-corrected chi connectivity index (χ1v) is 33.7. The summed E-state index contributed by atoms with van der Waals surface area (Å²) >= 11 is 0. The molecule has 0 saturated carbocycles. The molecule has 2 saturated heterocycles. The Hall–Kier alpha value is -1.63. The van der Waals surface area contributed by atoms with E-state index < -0.39 is 60.6 Å². The largest absolute Gasteiger partial charge is 0.457 e. The molecule has 0 aromatic rings. The number of cyclic esters (lactones) is 1. The fourth-order valence-electron chi connectivity index (χ4n) is 10.3. The second kappa shape index (κ2) is 26.4. The number of piperazine rings is 1. The monoisotopic (exact) mass is 965 g/mol. The van der Waals surface area contributed by atoms with E-state index in [0.717, 1.165) is 72.8 Å². The van der Waals surface area contributed by atoms with Gasteiger partial charge < -0.3 is 42.8 Å². The van der Waals surface area contributed by atoms with Gasteiger partial charge in [-0.25, -0.2) is 4.79 Å². The van der Waals surface area contributed by atoms with Crippen LogP contribution >= 0.6 is 0 Å². The molecule has 1 amide bonds. The van der Waals surface area contributed by atoms with Crippen molar-refractivity contribution >= 4 is 37.0 Å². The van der Waals surface area contributed by atoms with E-state index in [2.05, 4.69) is 107 Å². The Morgan fingerprint density at radius 1 is 0.938 bits per heavy atom. The third-order valence-electron chi connectivity index (χ3n) is 16.0. The molecule has 14 heteroatoms. The predicted octanol–water partition coefficient (Wildman–Crippen LogP) is 11.7. The number of aliphatic hydroxyl groups is 1. The van der Waals surface area contributed by atoms with Gasteiger partial charge in [0, 0.05) is 50.5 Å². The molecule has 3 rings (SSSR count). The first-order chi connectivity index (χ1) is 30.8. The molecule has 0 bridgehead atoms. The Balaban J connectivity index is 2.00. The second-order valence-electron chi connectivity index (χ2n) is 20.2. The first-order valence-electron chi connectivity index (χ1n) is 26.1. The summed E-state index contributed by atoms with van der Waals surface area (Å²) in [7, 11) is -5.96. The quantitative estimate of drug-likeness (QED) is 0.0317. The number of carbonyl (C=O) groups excluding carboxylic acids is 2. The molecular weight excluding hydrogens is 869 g/mol. The van der Waals surface area contributed by atoms with Crippen LogP contribution in [0, 0.1) is 11.8 Å². The van der Waals surface area contributed by atoms with Gasteiger partial charge in [-0.2, -0.15) is 0 Å². The molecule has 0 radical (unpaired) electrons. The normalized spacial score (nSPS) is 29.0. The van der Waals surface area contributed by atoms with Gasteiger partial charge in [-0.1, -0.05) is 107 Å². The van der Waals surface area contributed by atoms with E-state index in [9.17, 15) is 14.7 Å². The standard InChI is InChI=1S/C51H96N2O9Si3/c1-16-43(61-64(20-5,21-6)22-7)41(13)48-44(57-48)38-50(14,62-65(23-8,24-9)25-10)31-26-27-39(11)47-40(12)28-29-45(58-49(55)53-35-33-52-34-36-53)51(15,56)32-30-42(37-46(54)59-47)60-63(17-2,18-3)19-4/h26-29,31,40-45,47-48,52,56H,16-25,30,32-38H2,1-15H3/b29-28+,31-26+,39-27+/t40-,41+,42?,43?,44+,45-,47+,48+,50-,51+/m0/s1. The number of esters is 1. The molecule has 0 aromatic carbocycles. The van der Waals surface area contributed by atoms with Gasteiger partial charge >= 0.3 is 12.1 Å². The molecule has 3 aliphatic rings. The Kier molecular flexibility index (Phi) is 23.4. The predicted molar refractivity (Wildman–Crippen MR) is 274 cm³/mol. The summed E-state index contributed by atoms with van der Waals surface area (Å²) in [6.45, 7) is 35.2. The number of amides is 1. The van der Waals surface area contributed by atoms with Gasteiger partial charge in [-0.15, -0.1) is 0 Å². The van der Waals surface area contributed by atoms with E-state index in [4.69, 9.17) is 27.5 Å². The summed E-state index contributed by atoms with van der Waals surface area (Å²) in [4.78, 5) is 29.2. The van der Waals surface area contributed by atoms with Crippen LogP contribution in [-0.2, 0) is 32.3 Å². The lowest BCUT2D eigenvalue weighted by Gasteiger charge is -2.39. The zero-order chi connectivity index (χ0) is 48.6. The summed E-state index contributed by atoms with van der Waals surface area (Å²) in [6, 6.07) is 9.33. The average Bonchev–Trinajstić information content (AvgIpc) is 4.08. The van der Waals surface area contributed by atoms with Gasteiger partial charge in [-0.3, -0.25) is 4.79 Å². The number of allylic oxidation sites excluding steroid dienone is 2. The van der Waals surface area contributed by atoms with Gasteiger partial charge in [0.1, 0.15) is 11.7 Å². The maximum absolute atomic E-state index is 14.0. The minimum atomic E-state index is -2.14. The van der Waals surface area contributed by atoms with E-state index in [1.165, 1.54) is 0 Å². The molecular formula is C51H96N2O9Si3. The van der Waals surface area contributed by atoms with E-state index >= 15 is 0 Å². The van der Waals surface area contributed by atoms with Crippen LogP contribution in [0.5, 0.6) is 0 Å². The highest BCUT2D eigenvalue weighted by atomic mass is 28.4. The lowest BCUT2D eigenvalue weighted by molar-refractivity contribution is -0.151. The molecule has 65 heavy (non-hydrogen) atoms. The van der Waals surface area contributed by atoms with Crippen molar-refractivity contribution in [3.05, 3.63) is 36.0 Å². The topological polar surface area (TPSA) is 128 Å². The zero-order valence-electron chi connectivity index (χ0n) is 43.9. The molecule has 2 fully saturated rings. The van der Waals surface area contributed by atoms with Gasteiger partial charge in [-0.05, 0) is 106 Å². The van der Waals surface area contributed by atoms with Crippen molar-refractivity contribution in [2.45, 2.75) is 238 Å². The Bertz CT molecular complexity index is 1520. The van der Waals surface area contributed by atoms with Gasteiger partial charge in [0.05, 0.1) is 30.3 Å². The number of nitrogens with zero attached hydrogens (tertiary/aromatic N) is 1. The van der Waals surface area contributed by atoms with Crippen LogP contribution in [0.1, 0.15) is 136 Å². The molecule has 2 unspecified atom stereocenters. The maximum atomic E-state index is 14.0. The first kappa shape index (κ1) is 57.7.